The summed E-state index contributed by atoms with van der Waals surface area (Å²) in [6, 6.07) is 2.03. The van der Waals surface area contributed by atoms with E-state index in [1.807, 2.05) is 18.4 Å². The van der Waals surface area contributed by atoms with Gasteiger partial charge in [-0.25, -0.2) is 0 Å². The smallest absolute Gasteiger partial charge is 0.114 e. The van der Waals surface area contributed by atoms with E-state index in [2.05, 4.69) is 0 Å². The quantitative estimate of drug-likeness (QED) is 0.752. The van der Waals surface area contributed by atoms with Crippen molar-refractivity contribution in [3.8, 4) is 0 Å². The van der Waals surface area contributed by atoms with Crippen molar-refractivity contribution >= 4 is 11.3 Å². The van der Waals surface area contributed by atoms with Crippen molar-refractivity contribution in [3.05, 3.63) is 21.9 Å². The highest BCUT2D eigenvalue weighted by molar-refractivity contribution is 7.10. The van der Waals surface area contributed by atoms with Crippen LogP contribution in [-0.4, -0.2) is 18.8 Å². The average Bonchev–Trinajstić information content (AvgIpc) is 2.40. The standard InChI is InChI=1S/C8H12O2S/c1-6-3-4-11-8(6)7(5-9)10-2/h3-4,7,9H,5H2,1-2H3. The highest BCUT2D eigenvalue weighted by Crippen LogP contribution is 2.25. The summed E-state index contributed by atoms with van der Waals surface area (Å²) in [6.45, 7) is 2.07. The Morgan fingerprint density at radius 3 is 2.82 bits per heavy atom. The Kier molecular flexibility index (Phi) is 3.05. The molecule has 11 heavy (non-hydrogen) atoms. The molecule has 0 fully saturated rings. The Morgan fingerprint density at radius 1 is 1.73 bits per heavy atom. The second-order valence-electron chi connectivity index (χ2n) is 2.37. The van der Waals surface area contributed by atoms with Gasteiger partial charge in [0.1, 0.15) is 6.10 Å². The van der Waals surface area contributed by atoms with Gasteiger partial charge in [0.05, 0.1) is 6.61 Å². The van der Waals surface area contributed by atoms with E-state index in [1.165, 1.54) is 5.56 Å². The first-order valence-corrected chi connectivity index (χ1v) is 4.35. The first-order valence-electron chi connectivity index (χ1n) is 3.47. The van der Waals surface area contributed by atoms with Gasteiger partial charge < -0.3 is 9.84 Å². The molecule has 3 heteroatoms. The SMILES string of the molecule is COC(CO)c1sccc1C. The second-order valence-corrected chi connectivity index (χ2v) is 3.32. The molecule has 0 aliphatic heterocycles. The molecule has 0 aliphatic carbocycles. The van der Waals surface area contributed by atoms with Crippen LogP contribution in [0.25, 0.3) is 0 Å². The fourth-order valence-electron chi connectivity index (χ4n) is 0.979. The van der Waals surface area contributed by atoms with Gasteiger partial charge in [-0.1, -0.05) is 0 Å². The van der Waals surface area contributed by atoms with E-state index in [9.17, 15) is 0 Å². The lowest BCUT2D eigenvalue weighted by Gasteiger charge is -2.10. The third kappa shape index (κ3) is 1.80. The largest absolute Gasteiger partial charge is 0.393 e. The third-order valence-corrected chi connectivity index (χ3v) is 2.76. The highest BCUT2D eigenvalue weighted by atomic mass is 32.1. The summed E-state index contributed by atoms with van der Waals surface area (Å²) in [7, 11) is 1.61. The molecule has 0 bridgehead atoms. The van der Waals surface area contributed by atoms with Crippen LogP contribution in [0.2, 0.25) is 0 Å². The Balaban J connectivity index is 2.81. The van der Waals surface area contributed by atoms with Crippen LogP contribution in [0.15, 0.2) is 11.4 Å². The van der Waals surface area contributed by atoms with E-state index in [4.69, 9.17) is 9.84 Å². The molecule has 62 valence electrons. The Labute approximate surface area is 70.4 Å². The van der Waals surface area contributed by atoms with Gasteiger partial charge in [0.2, 0.25) is 0 Å². The molecule has 1 rings (SSSR count). The minimum Gasteiger partial charge on any atom is -0.393 e. The molecule has 1 atom stereocenters. The average molecular weight is 172 g/mol. The molecular formula is C8H12O2S. The number of hydrogen-bond donors (Lipinski definition) is 1. The van der Waals surface area contributed by atoms with Crippen molar-refractivity contribution in [2.45, 2.75) is 13.0 Å². The van der Waals surface area contributed by atoms with Gasteiger partial charge in [0, 0.05) is 12.0 Å². The van der Waals surface area contributed by atoms with Crippen LogP contribution in [-0.2, 0) is 4.74 Å². The van der Waals surface area contributed by atoms with Crippen molar-refractivity contribution in [2.75, 3.05) is 13.7 Å². The summed E-state index contributed by atoms with van der Waals surface area (Å²) in [5.41, 5.74) is 1.19. The van der Waals surface area contributed by atoms with E-state index in [1.54, 1.807) is 18.4 Å². The molecule has 1 N–H and O–H groups in total. The predicted octanol–water partition coefficient (Wildman–Crippen LogP) is 1.74. The van der Waals surface area contributed by atoms with Gasteiger partial charge in [0.15, 0.2) is 0 Å². The maximum Gasteiger partial charge on any atom is 0.114 e. The van der Waals surface area contributed by atoms with E-state index >= 15 is 0 Å². The van der Waals surface area contributed by atoms with Crippen LogP contribution < -0.4 is 0 Å². The van der Waals surface area contributed by atoms with Crippen molar-refractivity contribution in [2.24, 2.45) is 0 Å². The van der Waals surface area contributed by atoms with Gasteiger partial charge in [-0.3, -0.25) is 0 Å². The van der Waals surface area contributed by atoms with Crippen LogP contribution in [0.1, 0.15) is 16.5 Å². The molecule has 0 saturated carbocycles. The lowest BCUT2D eigenvalue weighted by molar-refractivity contribution is 0.0505. The fraction of sp³-hybridized carbons (Fsp3) is 0.500. The first-order chi connectivity index (χ1) is 5.29. The highest BCUT2D eigenvalue weighted by Gasteiger charge is 2.12. The fourth-order valence-corrected chi connectivity index (χ4v) is 1.97. The Hall–Kier alpha value is -0.380. The van der Waals surface area contributed by atoms with Crippen LogP contribution in [0, 0.1) is 6.92 Å². The van der Waals surface area contributed by atoms with Crippen molar-refractivity contribution in [1.82, 2.24) is 0 Å². The summed E-state index contributed by atoms with van der Waals surface area (Å²) in [4.78, 5) is 1.12. The number of thiophene rings is 1. The second kappa shape index (κ2) is 3.85. The van der Waals surface area contributed by atoms with E-state index < -0.39 is 0 Å². The van der Waals surface area contributed by atoms with Gasteiger partial charge in [0.25, 0.3) is 0 Å². The van der Waals surface area contributed by atoms with Gasteiger partial charge >= 0.3 is 0 Å². The summed E-state index contributed by atoms with van der Waals surface area (Å²) >= 11 is 1.62. The molecule has 1 heterocycles. The molecule has 0 radical (unpaired) electrons. The lowest BCUT2D eigenvalue weighted by Crippen LogP contribution is -2.05. The number of aryl methyl sites for hydroxylation is 1. The van der Waals surface area contributed by atoms with Crippen molar-refractivity contribution in [1.29, 1.82) is 0 Å². The maximum absolute atomic E-state index is 8.90. The van der Waals surface area contributed by atoms with Crippen molar-refractivity contribution in [3.63, 3.8) is 0 Å². The van der Waals surface area contributed by atoms with Gasteiger partial charge in [-0.05, 0) is 23.9 Å². The van der Waals surface area contributed by atoms with Gasteiger partial charge in [-0.2, -0.15) is 0 Å². The molecule has 0 spiro atoms. The number of aliphatic hydroxyl groups excluding tert-OH is 1. The summed E-state index contributed by atoms with van der Waals surface area (Å²) in [5, 5.41) is 10.9. The normalized spacial score (nSPS) is 13.4. The Morgan fingerprint density at radius 2 is 2.45 bits per heavy atom. The summed E-state index contributed by atoms with van der Waals surface area (Å²) in [5.74, 6) is 0. The maximum atomic E-state index is 8.90. The summed E-state index contributed by atoms with van der Waals surface area (Å²) < 4.78 is 5.09. The van der Waals surface area contributed by atoms with Crippen LogP contribution >= 0.6 is 11.3 Å². The number of rotatable bonds is 3. The van der Waals surface area contributed by atoms with Crippen molar-refractivity contribution < 1.29 is 9.84 Å². The molecule has 2 nitrogen and oxygen atoms in total. The molecule has 0 amide bonds. The monoisotopic (exact) mass is 172 g/mol. The van der Waals surface area contributed by atoms with Crippen LogP contribution in [0.3, 0.4) is 0 Å². The number of hydrogen-bond acceptors (Lipinski definition) is 3. The number of ether oxygens (including phenoxy) is 1. The minimum absolute atomic E-state index is 0.0534. The first kappa shape index (κ1) is 8.71. The molecule has 0 aromatic carbocycles. The minimum atomic E-state index is -0.144. The molecule has 0 saturated heterocycles. The lowest BCUT2D eigenvalue weighted by atomic mass is 10.2. The topological polar surface area (TPSA) is 29.5 Å². The van der Waals surface area contributed by atoms with E-state index in [0.29, 0.717) is 0 Å². The zero-order valence-electron chi connectivity index (χ0n) is 6.70. The van der Waals surface area contributed by atoms with Crippen LogP contribution in [0.5, 0.6) is 0 Å². The molecular weight excluding hydrogens is 160 g/mol. The summed E-state index contributed by atoms with van der Waals surface area (Å²) in [6.07, 6.45) is -0.144. The third-order valence-electron chi connectivity index (χ3n) is 1.64. The Bertz CT molecular complexity index is 216. The molecule has 0 aliphatic rings. The zero-order valence-corrected chi connectivity index (χ0v) is 7.52. The van der Waals surface area contributed by atoms with Gasteiger partial charge in [-0.15, -0.1) is 11.3 Å². The number of aliphatic hydroxyl groups is 1. The zero-order chi connectivity index (χ0) is 8.27. The molecule has 1 aromatic rings. The number of methoxy groups -OCH3 is 1. The molecule has 1 aromatic heterocycles. The van der Waals surface area contributed by atoms with Crippen LogP contribution in [0.4, 0.5) is 0 Å². The van der Waals surface area contributed by atoms with E-state index in [-0.39, 0.29) is 12.7 Å². The predicted molar refractivity (Wildman–Crippen MR) is 45.9 cm³/mol. The molecule has 1 unspecified atom stereocenters. The van der Waals surface area contributed by atoms with E-state index in [0.717, 1.165) is 4.88 Å².